The number of carbonyl (C=O) groups excluding carboxylic acids is 2. The third-order valence-corrected chi connectivity index (χ3v) is 5.47. The highest BCUT2D eigenvalue weighted by molar-refractivity contribution is 7.99. The number of rotatable bonds is 3. The lowest BCUT2D eigenvalue weighted by atomic mass is 10.1. The van der Waals surface area contributed by atoms with E-state index in [4.69, 9.17) is 0 Å². The van der Waals surface area contributed by atoms with Gasteiger partial charge in [-0.25, -0.2) is 4.39 Å². The maximum Gasteiger partial charge on any atom is 0.256 e. The summed E-state index contributed by atoms with van der Waals surface area (Å²) in [5.41, 5.74) is 0.663. The molecule has 1 aromatic rings. The van der Waals surface area contributed by atoms with Crippen molar-refractivity contribution in [3.8, 4) is 0 Å². The largest absolute Gasteiger partial charge is 0.338 e. The normalized spacial score (nSPS) is 24.0. The Morgan fingerprint density at radius 2 is 2.09 bits per heavy atom. The van der Waals surface area contributed by atoms with E-state index in [1.807, 2.05) is 18.7 Å². The Balaban J connectivity index is 1.80. The lowest BCUT2D eigenvalue weighted by molar-refractivity contribution is -0.117. The summed E-state index contributed by atoms with van der Waals surface area (Å²) in [6.07, 6.45) is 1.81. The molecule has 3 rings (SSSR count). The second-order valence-corrected chi connectivity index (χ2v) is 7.48. The number of nitrogens with one attached hydrogen (secondary N) is 1. The molecule has 23 heavy (non-hydrogen) atoms. The van der Waals surface area contributed by atoms with Crippen LogP contribution in [0.5, 0.6) is 0 Å². The minimum absolute atomic E-state index is 0.0117. The Kier molecular flexibility index (Phi) is 4.90. The fourth-order valence-corrected chi connectivity index (χ4v) is 3.72. The van der Waals surface area contributed by atoms with Crippen LogP contribution in [-0.4, -0.2) is 41.3 Å². The number of carbonyl (C=O) groups is 2. The van der Waals surface area contributed by atoms with Gasteiger partial charge in [-0.3, -0.25) is 9.59 Å². The Morgan fingerprint density at radius 1 is 1.30 bits per heavy atom. The van der Waals surface area contributed by atoms with E-state index in [2.05, 4.69) is 5.32 Å². The first-order valence-corrected chi connectivity index (χ1v) is 9.19. The summed E-state index contributed by atoms with van der Waals surface area (Å²) >= 11 is 1.82. The molecule has 4 nitrogen and oxygen atoms in total. The predicted molar refractivity (Wildman–Crippen MR) is 90.1 cm³/mol. The van der Waals surface area contributed by atoms with Crippen molar-refractivity contribution in [2.24, 2.45) is 11.8 Å². The van der Waals surface area contributed by atoms with Crippen LogP contribution in [0, 0.1) is 17.7 Å². The van der Waals surface area contributed by atoms with Gasteiger partial charge in [-0.05, 0) is 42.7 Å². The SMILES string of the molecule is C[C@H]1C[C@H]1C(=O)Nc1ccc(F)cc1C(=O)N1CCCSCC1. The van der Waals surface area contributed by atoms with Gasteiger partial charge in [0.1, 0.15) is 5.82 Å². The van der Waals surface area contributed by atoms with Crippen LogP contribution in [0.15, 0.2) is 18.2 Å². The zero-order valence-corrected chi connectivity index (χ0v) is 14.0. The van der Waals surface area contributed by atoms with Crippen molar-refractivity contribution in [2.75, 3.05) is 29.9 Å². The Hall–Kier alpha value is -1.56. The van der Waals surface area contributed by atoms with Crippen LogP contribution >= 0.6 is 11.8 Å². The number of benzene rings is 1. The van der Waals surface area contributed by atoms with Gasteiger partial charge in [0.2, 0.25) is 5.91 Å². The highest BCUT2D eigenvalue weighted by atomic mass is 32.2. The topological polar surface area (TPSA) is 49.4 Å². The summed E-state index contributed by atoms with van der Waals surface area (Å²) in [7, 11) is 0. The van der Waals surface area contributed by atoms with Crippen LogP contribution in [0.2, 0.25) is 0 Å². The molecule has 2 fully saturated rings. The fourth-order valence-electron chi connectivity index (χ4n) is 2.83. The summed E-state index contributed by atoms with van der Waals surface area (Å²) in [5.74, 6) is 1.58. The number of nitrogens with zero attached hydrogens (tertiary/aromatic N) is 1. The number of thioether (sulfide) groups is 1. The molecular formula is C17H21FN2O2S. The molecule has 1 aromatic carbocycles. The predicted octanol–water partition coefficient (Wildman–Crippen LogP) is 3.00. The van der Waals surface area contributed by atoms with E-state index in [0.29, 0.717) is 24.7 Å². The van der Waals surface area contributed by atoms with E-state index >= 15 is 0 Å². The van der Waals surface area contributed by atoms with Crippen LogP contribution in [-0.2, 0) is 4.79 Å². The number of halogens is 1. The standard InChI is InChI=1S/C17H21FN2O2S/c1-11-9-13(11)16(21)19-15-4-3-12(18)10-14(15)17(22)20-5-2-7-23-8-6-20/h3-4,10-11,13H,2,5-9H2,1H3,(H,19,21)/t11-,13+/m0/s1. The van der Waals surface area contributed by atoms with Crippen molar-refractivity contribution in [3.63, 3.8) is 0 Å². The molecule has 0 bridgehead atoms. The van der Waals surface area contributed by atoms with Crippen LogP contribution in [0.3, 0.4) is 0 Å². The van der Waals surface area contributed by atoms with E-state index < -0.39 is 5.82 Å². The zero-order valence-electron chi connectivity index (χ0n) is 13.2. The van der Waals surface area contributed by atoms with E-state index in [0.717, 1.165) is 24.3 Å². The molecule has 124 valence electrons. The summed E-state index contributed by atoms with van der Waals surface area (Å²) < 4.78 is 13.6. The van der Waals surface area contributed by atoms with Crippen LogP contribution in [0.1, 0.15) is 30.1 Å². The van der Waals surface area contributed by atoms with Gasteiger partial charge >= 0.3 is 0 Å². The first-order valence-electron chi connectivity index (χ1n) is 8.03. The Bertz CT molecular complexity index is 615. The van der Waals surface area contributed by atoms with Gasteiger partial charge in [0, 0.05) is 24.8 Å². The molecule has 0 aromatic heterocycles. The molecule has 0 radical (unpaired) electrons. The summed E-state index contributed by atoms with van der Waals surface area (Å²) in [5, 5.41) is 2.81. The van der Waals surface area contributed by atoms with Crippen molar-refractivity contribution >= 4 is 29.3 Å². The molecule has 1 aliphatic heterocycles. The average molecular weight is 336 g/mol. The molecule has 1 saturated heterocycles. The van der Waals surface area contributed by atoms with Crippen LogP contribution in [0.25, 0.3) is 0 Å². The van der Waals surface area contributed by atoms with Crippen LogP contribution in [0.4, 0.5) is 10.1 Å². The van der Waals surface area contributed by atoms with Gasteiger partial charge in [-0.1, -0.05) is 6.92 Å². The quantitative estimate of drug-likeness (QED) is 0.923. The lowest BCUT2D eigenvalue weighted by Gasteiger charge is -2.21. The molecule has 1 N–H and O–H groups in total. The lowest BCUT2D eigenvalue weighted by Crippen LogP contribution is -2.33. The number of anilines is 1. The van der Waals surface area contributed by atoms with Gasteiger partial charge in [-0.15, -0.1) is 0 Å². The fraction of sp³-hybridized carbons (Fsp3) is 0.529. The van der Waals surface area contributed by atoms with E-state index in [-0.39, 0.29) is 23.3 Å². The molecule has 1 saturated carbocycles. The van der Waals surface area contributed by atoms with Crippen molar-refractivity contribution < 1.29 is 14.0 Å². The van der Waals surface area contributed by atoms with Crippen molar-refractivity contribution in [3.05, 3.63) is 29.6 Å². The summed E-state index contributed by atoms with van der Waals surface area (Å²) in [6, 6.07) is 3.99. The van der Waals surface area contributed by atoms with Gasteiger partial charge < -0.3 is 10.2 Å². The minimum Gasteiger partial charge on any atom is -0.338 e. The molecule has 2 amide bonds. The van der Waals surface area contributed by atoms with Gasteiger partial charge in [0.25, 0.3) is 5.91 Å². The first kappa shape index (κ1) is 16.3. The maximum atomic E-state index is 13.6. The molecule has 2 atom stereocenters. The second kappa shape index (κ2) is 6.91. The molecule has 0 unspecified atom stereocenters. The smallest absolute Gasteiger partial charge is 0.256 e. The highest BCUT2D eigenvalue weighted by Gasteiger charge is 2.39. The molecule has 1 aliphatic carbocycles. The van der Waals surface area contributed by atoms with Crippen molar-refractivity contribution in [1.82, 2.24) is 4.90 Å². The maximum absolute atomic E-state index is 13.6. The van der Waals surface area contributed by atoms with E-state index in [1.165, 1.54) is 18.2 Å². The van der Waals surface area contributed by atoms with Gasteiger partial charge in [0.05, 0.1) is 11.3 Å². The minimum atomic E-state index is -0.463. The third-order valence-electron chi connectivity index (χ3n) is 4.43. The molecule has 2 aliphatic rings. The molecule has 0 spiro atoms. The highest BCUT2D eigenvalue weighted by Crippen LogP contribution is 2.38. The van der Waals surface area contributed by atoms with Gasteiger partial charge in [0.15, 0.2) is 0 Å². The number of hydrogen-bond donors (Lipinski definition) is 1. The summed E-state index contributed by atoms with van der Waals surface area (Å²) in [6.45, 7) is 3.36. The van der Waals surface area contributed by atoms with Crippen molar-refractivity contribution in [2.45, 2.75) is 19.8 Å². The van der Waals surface area contributed by atoms with Crippen LogP contribution < -0.4 is 5.32 Å². The molecule has 6 heteroatoms. The van der Waals surface area contributed by atoms with Gasteiger partial charge in [-0.2, -0.15) is 11.8 Å². The van der Waals surface area contributed by atoms with E-state index in [1.54, 1.807) is 4.90 Å². The van der Waals surface area contributed by atoms with Crippen molar-refractivity contribution in [1.29, 1.82) is 0 Å². The molecule has 1 heterocycles. The average Bonchev–Trinajstić information content (AvgIpc) is 3.30. The number of hydrogen-bond acceptors (Lipinski definition) is 3. The monoisotopic (exact) mass is 336 g/mol. The second-order valence-electron chi connectivity index (χ2n) is 6.26. The van der Waals surface area contributed by atoms with E-state index in [9.17, 15) is 14.0 Å². The zero-order chi connectivity index (χ0) is 16.4. The number of amides is 2. The Morgan fingerprint density at radius 3 is 2.83 bits per heavy atom. The first-order chi connectivity index (χ1) is 11.1. The Labute approximate surface area is 139 Å². The summed E-state index contributed by atoms with van der Waals surface area (Å²) in [4.78, 5) is 26.7. The third kappa shape index (κ3) is 3.86. The molecular weight excluding hydrogens is 315 g/mol.